The fourth-order valence-corrected chi connectivity index (χ4v) is 5.50. The first-order chi connectivity index (χ1) is 15.4. The van der Waals surface area contributed by atoms with E-state index in [0.717, 1.165) is 15.0 Å². The summed E-state index contributed by atoms with van der Waals surface area (Å²) in [7, 11) is -3.86. The fourth-order valence-electron chi connectivity index (χ4n) is 3.22. The first-order valence-corrected chi connectivity index (χ1v) is 12.0. The average molecular weight is 505 g/mol. The lowest BCUT2D eigenvalue weighted by atomic mass is 10.1. The summed E-state index contributed by atoms with van der Waals surface area (Å²) in [5.74, 6) is -0.664. The number of anilines is 1. The van der Waals surface area contributed by atoms with E-state index in [4.69, 9.17) is 5.11 Å². The van der Waals surface area contributed by atoms with Crippen LogP contribution in [0.3, 0.4) is 0 Å². The number of aromatic nitrogens is 2. The van der Waals surface area contributed by atoms with Gasteiger partial charge in [0, 0.05) is 28.4 Å². The summed E-state index contributed by atoms with van der Waals surface area (Å²) in [6.07, 6.45) is 3.18. The number of aliphatic carboxylic acids is 1. The van der Waals surface area contributed by atoms with Crippen LogP contribution in [0, 0.1) is 0 Å². The van der Waals surface area contributed by atoms with Crippen molar-refractivity contribution in [3.63, 3.8) is 0 Å². The van der Waals surface area contributed by atoms with E-state index in [2.05, 4.69) is 20.0 Å². The van der Waals surface area contributed by atoms with E-state index in [0.29, 0.717) is 17.9 Å². The van der Waals surface area contributed by atoms with Crippen molar-refractivity contribution in [3.05, 3.63) is 83.6 Å². The molecular weight excluding hydrogens is 484 g/mol. The Morgan fingerprint density at radius 3 is 2.64 bits per heavy atom. The lowest BCUT2D eigenvalue weighted by Gasteiger charge is -2.18. The zero-order valence-electron chi connectivity index (χ0n) is 17.2. The smallest absolute Gasteiger partial charge is 0.322 e. The Hall–Kier alpha value is -3.05. The van der Waals surface area contributed by atoms with Gasteiger partial charge in [-0.05, 0) is 41.8 Å². The van der Waals surface area contributed by atoms with E-state index in [9.17, 15) is 13.2 Å². The molecule has 11 heteroatoms. The molecule has 3 heterocycles. The number of pyridine rings is 2. The summed E-state index contributed by atoms with van der Waals surface area (Å²) in [6, 6.07) is 17.4. The van der Waals surface area contributed by atoms with Gasteiger partial charge < -0.3 is 10.4 Å². The number of thiophene rings is 1. The SMILES string of the molecule is Cl.O=C(O)CNc1cccc(C(Cc2cc3ccccc3s2)NS(=O)(=O)c2cccnc2)n1. The minimum absolute atomic E-state index is 0. The summed E-state index contributed by atoms with van der Waals surface area (Å²) >= 11 is 1.59. The lowest BCUT2D eigenvalue weighted by Crippen LogP contribution is -2.30. The van der Waals surface area contributed by atoms with Crippen LogP contribution in [0.2, 0.25) is 0 Å². The van der Waals surface area contributed by atoms with Crippen LogP contribution in [-0.4, -0.2) is 36.0 Å². The van der Waals surface area contributed by atoms with Gasteiger partial charge in [-0.1, -0.05) is 24.3 Å². The van der Waals surface area contributed by atoms with Gasteiger partial charge in [0.05, 0.1) is 11.7 Å². The third-order valence-electron chi connectivity index (χ3n) is 4.67. The highest BCUT2D eigenvalue weighted by Crippen LogP contribution is 2.30. The number of carboxylic acid groups (broad SMARTS) is 1. The van der Waals surface area contributed by atoms with Crippen LogP contribution in [0.4, 0.5) is 5.82 Å². The number of carboxylic acids is 1. The first-order valence-electron chi connectivity index (χ1n) is 9.73. The number of hydrogen-bond acceptors (Lipinski definition) is 7. The number of carbonyl (C=O) groups is 1. The maximum Gasteiger partial charge on any atom is 0.322 e. The Kier molecular flexibility index (Phi) is 7.98. The molecule has 4 rings (SSSR count). The van der Waals surface area contributed by atoms with Crippen molar-refractivity contribution in [2.75, 3.05) is 11.9 Å². The molecule has 1 atom stereocenters. The van der Waals surface area contributed by atoms with E-state index >= 15 is 0 Å². The molecule has 0 amide bonds. The van der Waals surface area contributed by atoms with Gasteiger partial charge in [0.2, 0.25) is 10.0 Å². The second-order valence-corrected chi connectivity index (χ2v) is 9.89. The van der Waals surface area contributed by atoms with E-state index in [1.807, 2.05) is 30.3 Å². The molecule has 0 spiro atoms. The number of halogens is 1. The molecule has 0 radical (unpaired) electrons. The number of nitrogens with one attached hydrogen (secondary N) is 2. The Balaban J connectivity index is 0.00000306. The lowest BCUT2D eigenvalue weighted by molar-refractivity contribution is -0.134. The van der Waals surface area contributed by atoms with Gasteiger partial charge in [-0.3, -0.25) is 9.78 Å². The maximum atomic E-state index is 13.0. The van der Waals surface area contributed by atoms with Gasteiger partial charge in [-0.15, -0.1) is 23.7 Å². The van der Waals surface area contributed by atoms with Crippen molar-refractivity contribution in [1.82, 2.24) is 14.7 Å². The zero-order chi connectivity index (χ0) is 22.6. The molecule has 1 unspecified atom stereocenters. The third-order valence-corrected chi connectivity index (χ3v) is 7.27. The predicted octanol–water partition coefficient (Wildman–Crippen LogP) is 3.87. The molecule has 33 heavy (non-hydrogen) atoms. The molecule has 0 saturated heterocycles. The molecule has 4 aromatic rings. The van der Waals surface area contributed by atoms with Crippen molar-refractivity contribution < 1.29 is 18.3 Å². The van der Waals surface area contributed by atoms with Crippen molar-refractivity contribution in [2.45, 2.75) is 17.4 Å². The van der Waals surface area contributed by atoms with Crippen LogP contribution in [-0.2, 0) is 21.2 Å². The topological polar surface area (TPSA) is 121 Å². The Morgan fingerprint density at radius 1 is 1.09 bits per heavy atom. The standard InChI is InChI=1S/C22H20N4O4S2.ClH/c27-22(28)14-24-21-9-3-7-18(25-21)19(26-32(29,30)17-6-4-10-23-13-17)12-16-11-15-5-1-2-8-20(15)31-16;/h1-11,13,19,26H,12,14H2,(H,24,25)(H,27,28);1H. The molecule has 0 saturated carbocycles. The normalized spacial score (nSPS) is 12.1. The molecule has 0 fully saturated rings. The summed E-state index contributed by atoms with van der Waals surface area (Å²) in [6.45, 7) is -0.293. The number of hydrogen-bond donors (Lipinski definition) is 3. The van der Waals surface area contributed by atoms with E-state index < -0.39 is 22.0 Å². The number of benzene rings is 1. The molecule has 0 aliphatic carbocycles. The van der Waals surface area contributed by atoms with Gasteiger partial charge in [0.25, 0.3) is 0 Å². The predicted molar refractivity (Wildman–Crippen MR) is 130 cm³/mol. The molecular formula is C22H21ClN4O4S2. The van der Waals surface area contributed by atoms with Crippen LogP contribution in [0.5, 0.6) is 0 Å². The minimum Gasteiger partial charge on any atom is -0.480 e. The second kappa shape index (κ2) is 10.7. The Bertz CT molecular complexity index is 1310. The minimum atomic E-state index is -3.86. The molecule has 8 nitrogen and oxygen atoms in total. The van der Waals surface area contributed by atoms with Gasteiger partial charge in [-0.2, -0.15) is 0 Å². The summed E-state index contributed by atoms with van der Waals surface area (Å²) in [5, 5.41) is 12.7. The van der Waals surface area contributed by atoms with Crippen molar-refractivity contribution in [1.29, 1.82) is 0 Å². The first kappa shape index (κ1) is 24.6. The molecule has 0 aliphatic heterocycles. The summed E-state index contributed by atoms with van der Waals surface area (Å²) in [5.41, 5.74) is 0.477. The van der Waals surface area contributed by atoms with E-state index in [1.54, 1.807) is 35.6 Å². The molecule has 172 valence electrons. The van der Waals surface area contributed by atoms with Crippen molar-refractivity contribution >= 4 is 55.6 Å². The van der Waals surface area contributed by atoms with Gasteiger partial charge in [0.15, 0.2) is 0 Å². The molecule has 0 aliphatic rings. The summed E-state index contributed by atoms with van der Waals surface area (Å²) in [4.78, 5) is 20.3. The van der Waals surface area contributed by atoms with E-state index in [1.165, 1.54) is 18.5 Å². The van der Waals surface area contributed by atoms with Crippen LogP contribution in [0.25, 0.3) is 10.1 Å². The van der Waals surface area contributed by atoms with Crippen LogP contribution in [0.1, 0.15) is 16.6 Å². The molecule has 3 aromatic heterocycles. The average Bonchev–Trinajstić information content (AvgIpc) is 3.20. The Labute approximate surface area is 201 Å². The van der Waals surface area contributed by atoms with Crippen LogP contribution < -0.4 is 10.0 Å². The number of fused-ring (bicyclic) bond motifs is 1. The van der Waals surface area contributed by atoms with Crippen LogP contribution >= 0.6 is 23.7 Å². The summed E-state index contributed by atoms with van der Waals surface area (Å²) < 4.78 is 29.9. The third kappa shape index (κ3) is 6.26. The largest absolute Gasteiger partial charge is 0.480 e. The molecule has 3 N–H and O–H groups in total. The van der Waals surface area contributed by atoms with E-state index in [-0.39, 0.29) is 23.8 Å². The van der Waals surface area contributed by atoms with Gasteiger partial charge in [-0.25, -0.2) is 18.1 Å². The second-order valence-electron chi connectivity index (χ2n) is 7.01. The zero-order valence-corrected chi connectivity index (χ0v) is 19.7. The molecule has 0 bridgehead atoms. The maximum absolute atomic E-state index is 13.0. The highest BCUT2D eigenvalue weighted by atomic mass is 35.5. The van der Waals surface area contributed by atoms with Crippen molar-refractivity contribution in [3.8, 4) is 0 Å². The number of sulfonamides is 1. The fraction of sp³-hybridized carbons (Fsp3) is 0.136. The van der Waals surface area contributed by atoms with Crippen molar-refractivity contribution in [2.24, 2.45) is 0 Å². The highest BCUT2D eigenvalue weighted by Gasteiger charge is 2.24. The van der Waals surface area contributed by atoms with Crippen LogP contribution in [0.15, 0.2) is 78.0 Å². The monoisotopic (exact) mass is 504 g/mol. The molecule has 1 aromatic carbocycles. The number of rotatable bonds is 9. The van der Waals surface area contributed by atoms with Gasteiger partial charge >= 0.3 is 5.97 Å². The quantitative estimate of drug-likeness (QED) is 0.316. The Morgan fingerprint density at radius 2 is 1.91 bits per heavy atom. The number of nitrogens with zero attached hydrogens (tertiary/aromatic N) is 2. The van der Waals surface area contributed by atoms with Gasteiger partial charge in [0.1, 0.15) is 17.3 Å². The highest BCUT2D eigenvalue weighted by molar-refractivity contribution is 7.89.